The fourth-order valence-electron chi connectivity index (χ4n) is 2.53. The molecule has 3 aromatic rings. The number of rotatable bonds is 6. The number of aryl methyl sites for hydroxylation is 1. The molecule has 9 heteroatoms. The van der Waals surface area contributed by atoms with Gasteiger partial charge in [-0.3, -0.25) is 10.1 Å². The molecule has 26 heavy (non-hydrogen) atoms. The van der Waals surface area contributed by atoms with Crippen molar-refractivity contribution >= 4 is 15.7 Å². The Morgan fingerprint density at radius 1 is 1.15 bits per heavy atom. The van der Waals surface area contributed by atoms with Gasteiger partial charge in [0.2, 0.25) is 10.0 Å². The Labute approximate surface area is 150 Å². The van der Waals surface area contributed by atoms with E-state index in [1.165, 1.54) is 12.1 Å². The lowest BCUT2D eigenvalue weighted by atomic mass is 10.2. The summed E-state index contributed by atoms with van der Waals surface area (Å²) in [6.07, 6.45) is 3.48. The molecule has 0 spiro atoms. The molecule has 0 atom stereocenters. The maximum Gasteiger partial charge on any atom is 0.269 e. The first kappa shape index (κ1) is 17.8. The molecular weight excluding hydrogens is 356 g/mol. The summed E-state index contributed by atoms with van der Waals surface area (Å²) in [4.78, 5) is 14.3. The van der Waals surface area contributed by atoms with Crippen LogP contribution in [0.3, 0.4) is 0 Å². The molecule has 0 unspecified atom stereocenters. The summed E-state index contributed by atoms with van der Waals surface area (Å²) >= 11 is 0. The summed E-state index contributed by atoms with van der Waals surface area (Å²) in [7, 11) is -3.79. The number of imidazole rings is 1. The van der Waals surface area contributed by atoms with Crippen LogP contribution in [0.1, 0.15) is 11.4 Å². The predicted molar refractivity (Wildman–Crippen MR) is 95.4 cm³/mol. The molecule has 0 aliphatic carbocycles. The number of nitro benzene ring substituents is 1. The van der Waals surface area contributed by atoms with Gasteiger partial charge in [-0.1, -0.05) is 18.2 Å². The Hall–Kier alpha value is -3.04. The Kier molecular flexibility index (Phi) is 4.83. The maximum absolute atomic E-state index is 12.5. The highest BCUT2D eigenvalue weighted by Gasteiger charge is 2.16. The molecule has 0 radical (unpaired) electrons. The van der Waals surface area contributed by atoms with Crippen molar-refractivity contribution in [3.8, 4) is 5.69 Å². The number of nitrogens with zero attached hydrogens (tertiary/aromatic N) is 3. The van der Waals surface area contributed by atoms with Gasteiger partial charge in [-0.2, -0.15) is 0 Å². The monoisotopic (exact) mass is 372 g/mol. The number of aromatic nitrogens is 2. The van der Waals surface area contributed by atoms with E-state index >= 15 is 0 Å². The first-order valence-corrected chi connectivity index (χ1v) is 9.19. The number of sulfonamides is 1. The van der Waals surface area contributed by atoms with Gasteiger partial charge in [0.25, 0.3) is 5.69 Å². The zero-order chi connectivity index (χ0) is 18.7. The topological polar surface area (TPSA) is 107 Å². The number of hydrogen-bond donors (Lipinski definition) is 1. The first-order chi connectivity index (χ1) is 12.4. The van der Waals surface area contributed by atoms with Gasteiger partial charge >= 0.3 is 0 Å². The quantitative estimate of drug-likeness (QED) is 0.528. The second-order valence-electron chi connectivity index (χ2n) is 5.55. The van der Waals surface area contributed by atoms with Crippen molar-refractivity contribution in [2.24, 2.45) is 0 Å². The maximum atomic E-state index is 12.5. The molecule has 0 aliphatic heterocycles. The van der Waals surface area contributed by atoms with E-state index in [9.17, 15) is 18.5 Å². The number of para-hydroxylation sites is 1. The van der Waals surface area contributed by atoms with Crippen LogP contribution in [-0.2, 0) is 16.6 Å². The van der Waals surface area contributed by atoms with Crippen LogP contribution in [0.15, 0.2) is 65.8 Å². The number of hydrogen-bond acceptors (Lipinski definition) is 5. The lowest BCUT2D eigenvalue weighted by Gasteiger charge is -2.13. The van der Waals surface area contributed by atoms with Crippen LogP contribution >= 0.6 is 0 Å². The summed E-state index contributed by atoms with van der Waals surface area (Å²) in [5, 5.41) is 10.7. The molecule has 1 heterocycles. The zero-order valence-electron chi connectivity index (χ0n) is 13.9. The molecule has 2 aromatic carbocycles. The molecule has 1 aromatic heterocycles. The summed E-state index contributed by atoms with van der Waals surface area (Å²) in [5.41, 5.74) is 1.44. The minimum Gasteiger partial charge on any atom is -0.304 e. The van der Waals surface area contributed by atoms with E-state index in [2.05, 4.69) is 9.71 Å². The highest BCUT2D eigenvalue weighted by molar-refractivity contribution is 7.89. The Bertz CT molecular complexity index is 1040. The third-order valence-electron chi connectivity index (χ3n) is 3.89. The Morgan fingerprint density at radius 2 is 1.85 bits per heavy atom. The van der Waals surface area contributed by atoms with Crippen LogP contribution in [0.25, 0.3) is 5.69 Å². The van der Waals surface area contributed by atoms with Crippen molar-refractivity contribution in [3.63, 3.8) is 0 Å². The van der Waals surface area contributed by atoms with E-state index in [0.29, 0.717) is 0 Å². The molecule has 0 fully saturated rings. The predicted octanol–water partition coefficient (Wildman–Crippen LogP) is 2.57. The summed E-state index contributed by atoms with van der Waals surface area (Å²) in [6.45, 7) is 1.94. The second kappa shape index (κ2) is 7.06. The average molecular weight is 372 g/mol. The van der Waals surface area contributed by atoms with E-state index < -0.39 is 14.9 Å². The zero-order valence-corrected chi connectivity index (χ0v) is 14.7. The van der Waals surface area contributed by atoms with Crippen LogP contribution in [0.4, 0.5) is 5.69 Å². The van der Waals surface area contributed by atoms with E-state index in [4.69, 9.17) is 0 Å². The summed E-state index contributed by atoms with van der Waals surface area (Å²) < 4.78 is 29.3. The van der Waals surface area contributed by atoms with Gasteiger partial charge in [0.15, 0.2) is 0 Å². The van der Waals surface area contributed by atoms with Crippen molar-refractivity contribution in [2.75, 3.05) is 0 Å². The smallest absolute Gasteiger partial charge is 0.269 e. The third kappa shape index (κ3) is 3.63. The van der Waals surface area contributed by atoms with Gasteiger partial charge in [0.1, 0.15) is 5.82 Å². The number of nitro groups is 1. The molecule has 0 amide bonds. The Balaban J connectivity index is 1.83. The van der Waals surface area contributed by atoms with Gasteiger partial charge in [-0.05, 0) is 30.7 Å². The molecular formula is C17H16N4O4S. The molecule has 0 aliphatic rings. The SMILES string of the molecule is Cc1nccn1-c1ccccc1CNS(=O)(=O)c1ccc([N+](=O)[O-])cc1. The molecule has 3 rings (SSSR count). The summed E-state index contributed by atoms with van der Waals surface area (Å²) in [6, 6.07) is 12.2. The number of benzene rings is 2. The highest BCUT2D eigenvalue weighted by Crippen LogP contribution is 2.19. The van der Waals surface area contributed by atoms with Gasteiger partial charge in [0.05, 0.1) is 15.5 Å². The number of non-ortho nitro benzene ring substituents is 1. The molecule has 0 saturated heterocycles. The van der Waals surface area contributed by atoms with Crippen molar-refractivity contribution in [1.82, 2.24) is 14.3 Å². The van der Waals surface area contributed by atoms with Gasteiger partial charge < -0.3 is 4.57 Å². The fourth-order valence-corrected chi connectivity index (χ4v) is 3.54. The lowest BCUT2D eigenvalue weighted by Crippen LogP contribution is -2.24. The average Bonchev–Trinajstić information content (AvgIpc) is 3.06. The van der Waals surface area contributed by atoms with Crippen molar-refractivity contribution < 1.29 is 13.3 Å². The number of nitrogens with one attached hydrogen (secondary N) is 1. The summed E-state index contributed by atoms with van der Waals surface area (Å²) in [5.74, 6) is 0.788. The van der Waals surface area contributed by atoms with Gasteiger partial charge in [-0.25, -0.2) is 18.1 Å². The van der Waals surface area contributed by atoms with E-state index in [-0.39, 0.29) is 17.1 Å². The van der Waals surface area contributed by atoms with Crippen LogP contribution in [-0.4, -0.2) is 22.9 Å². The van der Waals surface area contributed by atoms with Crippen molar-refractivity contribution in [3.05, 3.63) is 82.4 Å². The molecule has 0 bridgehead atoms. The fraction of sp³-hybridized carbons (Fsp3) is 0.118. The molecule has 8 nitrogen and oxygen atoms in total. The van der Waals surface area contributed by atoms with E-state index in [1.807, 2.05) is 35.8 Å². The van der Waals surface area contributed by atoms with Gasteiger partial charge in [-0.15, -0.1) is 0 Å². The standard InChI is InChI=1S/C17H16N4O4S/c1-13-18-10-11-20(13)17-5-3-2-4-14(17)12-19-26(24,25)16-8-6-15(7-9-16)21(22)23/h2-11,19H,12H2,1H3. The molecule has 134 valence electrons. The second-order valence-corrected chi connectivity index (χ2v) is 7.32. The van der Waals surface area contributed by atoms with Crippen LogP contribution < -0.4 is 4.72 Å². The van der Waals surface area contributed by atoms with Crippen LogP contribution in [0.5, 0.6) is 0 Å². The largest absolute Gasteiger partial charge is 0.304 e. The first-order valence-electron chi connectivity index (χ1n) is 7.71. The van der Waals surface area contributed by atoms with Crippen LogP contribution in [0.2, 0.25) is 0 Å². The molecule has 1 N–H and O–H groups in total. The Morgan fingerprint density at radius 3 is 2.46 bits per heavy atom. The minimum atomic E-state index is -3.79. The minimum absolute atomic E-state index is 0.0283. The van der Waals surface area contributed by atoms with Crippen molar-refractivity contribution in [2.45, 2.75) is 18.4 Å². The lowest BCUT2D eigenvalue weighted by molar-refractivity contribution is -0.384. The van der Waals surface area contributed by atoms with Gasteiger partial charge in [0, 0.05) is 31.1 Å². The van der Waals surface area contributed by atoms with E-state index in [1.54, 1.807) is 12.4 Å². The highest BCUT2D eigenvalue weighted by atomic mass is 32.2. The third-order valence-corrected chi connectivity index (χ3v) is 5.30. The van der Waals surface area contributed by atoms with Crippen molar-refractivity contribution in [1.29, 1.82) is 0 Å². The van der Waals surface area contributed by atoms with Crippen LogP contribution in [0, 0.1) is 17.0 Å². The van der Waals surface area contributed by atoms with E-state index in [0.717, 1.165) is 29.2 Å². The normalized spacial score (nSPS) is 11.4. The molecule has 0 saturated carbocycles.